The van der Waals surface area contributed by atoms with Gasteiger partial charge in [0, 0.05) is 12.2 Å². The molecular weight excluding hydrogens is 320 g/mol. The molecule has 0 atom stereocenters. The molecule has 132 valence electrons. The predicted molar refractivity (Wildman–Crippen MR) is 95.4 cm³/mol. The number of fused-ring (bicyclic) bond motifs is 1. The Labute approximate surface area is 147 Å². The minimum Gasteiger partial charge on any atom is -0.497 e. The maximum atomic E-state index is 12.2. The number of methoxy groups -OCH3 is 1. The summed E-state index contributed by atoms with van der Waals surface area (Å²) in [5.41, 5.74) is 1.82. The molecule has 6 nitrogen and oxygen atoms in total. The SMILES string of the molecule is COc1ccc(NC(=O)CN(C)Cc2ccc3c(c2)OCCO3)cc1. The van der Waals surface area contributed by atoms with Gasteiger partial charge in [0.15, 0.2) is 11.5 Å². The summed E-state index contributed by atoms with van der Waals surface area (Å²) in [5, 5.41) is 2.88. The van der Waals surface area contributed by atoms with Crippen molar-refractivity contribution >= 4 is 11.6 Å². The highest BCUT2D eigenvalue weighted by atomic mass is 16.6. The molecule has 1 amide bonds. The molecule has 0 spiro atoms. The van der Waals surface area contributed by atoms with Gasteiger partial charge in [-0.25, -0.2) is 0 Å². The van der Waals surface area contributed by atoms with Gasteiger partial charge in [-0.15, -0.1) is 0 Å². The van der Waals surface area contributed by atoms with E-state index >= 15 is 0 Å². The van der Waals surface area contributed by atoms with Crippen LogP contribution in [-0.2, 0) is 11.3 Å². The lowest BCUT2D eigenvalue weighted by molar-refractivity contribution is -0.117. The fourth-order valence-electron chi connectivity index (χ4n) is 2.67. The molecule has 0 fully saturated rings. The van der Waals surface area contributed by atoms with Crippen LogP contribution in [0.1, 0.15) is 5.56 Å². The van der Waals surface area contributed by atoms with Crippen LogP contribution in [0.5, 0.6) is 17.2 Å². The van der Waals surface area contributed by atoms with Crippen molar-refractivity contribution in [2.45, 2.75) is 6.54 Å². The van der Waals surface area contributed by atoms with Gasteiger partial charge in [-0.2, -0.15) is 0 Å². The Morgan fingerprint density at radius 2 is 1.84 bits per heavy atom. The molecule has 1 aliphatic heterocycles. The first kappa shape index (κ1) is 17.1. The van der Waals surface area contributed by atoms with Gasteiger partial charge in [0.2, 0.25) is 5.91 Å². The normalized spacial score (nSPS) is 12.8. The summed E-state index contributed by atoms with van der Waals surface area (Å²) >= 11 is 0. The second-order valence-electron chi connectivity index (χ2n) is 5.93. The quantitative estimate of drug-likeness (QED) is 0.874. The average Bonchev–Trinajstić information content (AvgIpc) is 2.62. The standard InChI is InChI=1S/C19H22N2O4/c1-21(12-14-3-8-17-18(11-14)25-10-9-24-17)13-19(22)20-15-4-6-16(23-2)7-5-15/h3-8,11H,9-10,12-13H2,1-2H3,(H,20,22). The number of anilines is 1. The number of nitrogens with zero attached hydrogens (tertiary/aromatic N) is 1. The molecule has 0 bridgehead atoms. The summed E-state index contributed by atoms with van der Waals surface area (Å²) in [7, 11) is 3.52. The molecule has 0 unspecified atom stereocenters. The average molecular weight is 342 g/mol. The van der Waals surface area contributed by atoms with Crippen molar-refractivity contribution in [3.8, 4) is 17.2 Å². The minimum absolute atomic E-state index is 0.0646. The van der Waals surface area contributed by atoms with Crippen LogP contribution in [-0.4, -0.2) is 44.7 Å². The van der Waals surface area contributed by atoms with Crippen LogP contribution in [0.15, 0.2) is 42.5 Å². The molecule has 0 saturated heterocycles. The predicted octanol–water partition coefficient (Wildman–Crippen LogP) is 2.54. The maximum absolute atomic E-state index is 12.2. The van der Waals surface area contributed by atoms with E-state index in [2.05, 4.69) is 5.32 Å². The molecule has 0 saturated carbocycles. The van der Waals surface area contributed by atoms with Crippen molar-refractivity contribution < 1.29 is 19.0 Å². The molecule has 1 heterocycles. The monoisotopic (exact) mass is 342 g/mol. The number of benzene rings is 2. The lowest BCUT2D eigenvalue weighted by atomic mass is 10.2. The van der Waals surface area contributed by atoms with E-state index < -0.39 is 0 Å². The molecule has 6 heteroatoms. The second kappa shape index (κ2) is 7.90. The van der Waals surface area contributed by atoms with Crippen molar-refractivity contribution in [2.75, 3.05) is 39.2 Å². The van der Waals surface area contributed by atoms with E-state index in [1.165, 1.54) is 0 Å². The molecule has 2 aromatic rings. The first-order valence-corrected chi connectivity index (χ1v) is 8.15. The van der Waals surface area contributed by atoms with Crippen molar-refractivity contribution in [3.63, 3.8) is 0 Å². The largest absolute Gasteiger partial charge is 0.497 e. The van der Waals surface area contributed by atoms with Gasteiger partial charge in [0.25, 0.3) is 0 Å². The van der Waals surface area contributed by atoms with Gasteiger partial charge < -0.3 is 19.5 Å². The van der Waals surface area contributed by atoms with E-state index in [0.29, 0.717) is 26.3 Å². The van der Waals surface area contributed by atoms with Crippen LogP contribution >= 0.6 is 0 Å². The molecule has 25 heavy (non-hydrogen) atoms. The van der Waals surface area contributed by atoms with E-state index in [9.17, 15) is 4.79 Å². The summed E-state index contributed by atoms with van der Waals surface area (Å²) in [6, 6.07) is 13.1. The minimum atomic E-state index is -0.0646. The van der Waals surface area contributed by atoms with Crippen molar-refractivity contribution in [3.05, 3.63) is 48.0 Å². The molecule has 1 aliphatic rings. The highest BCUT2D eigenvalue weighted by Gasteiger charge is 2.13. The van der Waals surface area contributed by atoms with Gasteiger partial charge in [0.05, 0.1) is 13.7 Å². The smallest absolute Gasteiger partial charge is 0.238 e. The van der Waals surface area contributed by atoms with Crippen LogP contribution in [0, 0.1) is 0 Å². The van der Waals surface area contributed by atoms with Crippen LogP contribution < -0.4 is 19.5 Å². The van der Waals surface area contributed by atoms with Crippen molar-refractivity contribution in [1.29, 1.82) is 0 Å². The van der Waals surface area contributed by atoms with E-state index in [1.54, 1.807) is 7.11 Å². The van der Waals surface area contributed by atoms with Gasteiger partial charge in [-0.05, 0) is 49.0 Å². The summed E-state index contributed by atoms with van der Waals surface area (Å²) < 4.78 is 16.2. The Hall–Kier alpha value is -2.73. The zero-order chi connectivity index (χ0) is 17.6. The zero-order valence-corrected chi connectivity index (χ0v) is 14.5. The van der Waals surface area contributed by atoms with Crippen molar-refractivity contribution in [1.82, 2.24) is 4.90 Å². The second-order valence-corrected chi connectivity index (χ2v) is 5.93. The van der Waals surface area contributed by atoms with E-state index in [1.807, 2.05) is 54.4 Å². The first-order valence-electron chi connectivity index (χ1n) is 8.15. The number of nitrogens with one attached hydrogen (secondary N) is 1. The Kier molecular flexibility index (Phi) is 5.40. The number of amides is 1. The van der Waals surface area contributed by atoms with Crippen LogP contribution in [0.4, 0.5) is 5.69 Å². The lowest BCUT2D eigenvalue weighted by Crippen LogP contribution is -2.29. The number of hydrogen-bond acceptors (Lipinski definition) is 5. The number of carbonyl (C=O) groups excluding carboxylic acids is 1. The van der Waals surface area contributed by atoms with Crippen LogP contribution in [0.2, 0.25) is 0 Å². The van der Waals surface area contributed by atoms with E-state index in [0.717, 1.165) is 28.5 Å². The molecular formula is C19H22N2O4. The maximum Gasteiger partial charge on any atom is 0.238 e. The number of carbonyl (C=O) groups is 1. The number of hydrogen-bond donors (Lipinski definition) is 1. The number of rotatable bonds is 6. The summed E-state index contributed by atoms with van der Waals surface area (Å²) in [4.78, 5) is 14.1. The highest BCUT2D eigenvalue weighted by Crippen LogP contribution is 2.31. The Balaban J connectivity index is 1.52. The van der Waals surface area contributed by atoms with Crippen molar-refractivity contribution in [2.24, 2.45) is 0 Å². The van der Waals surface area contributed by atoms with Gasteiger partial charge in [-0.3, -0.25) is 9.69 Å². The molecule has 0 aromatic heterocycles. The Morgan fingerprint density at radius 1 is 1.12 bits per heavy atom. The summed E-state index contributed by atoms with van der Waals surface area (Å²) in [5.74, 6) is 2.23. The fraction of sp³-hybridized carbons (Fsp3) is 0.316. The third-order valence-electron chi connectivity index (χ3n) is 3.85. The Bertz CT molecular complexity index is 731. The first-order chi connectivity index (χ1) is 12.1. The molecule has 0 radical (unpaired) electrons. The number of likely N-dealkylation sites (N-methyl/N-ethyl adjacent to an activating group) is 1. The van der Waals surface area contributed by atoms with Crippen LogP contribution in [0.3, 0.4) is 0 Å². The fourth-order valence-corrected chi connectivity index (χ4v) is 2.67. The van der Waals surface area contributed by atoms with Gasteiger partial charge >= 0.3 is 0 Å². The van der Waals surface area contributed by atoms with Gasteiger partial charge in [-0.1, -0.05) is 6.07 Å². The summed E-state index contributed by atoms with van der Waals surface area (Å²) in [6.45, 7) is 2.08. The topological polar surface area (TPSA) is 60.0 Å². The highest BCUT2D eigenvalue weighted by molar-refractivity contribution is 5.92. The molecule has 3 rings (SSSR count). The zero-order valence-electron chi connectivity index (χ0n) is 14.5. The molecule has 1 N–H and O–H groups in total. The molecule has 0 aliphatic carbocycles. The third kappa shape index (κ3) is 4.64. The third-order valence-corrected chi connectivity index (χ3v) is 3.85. The number of ether oxygens (including phenoxy) is 3. The summed E-state index contributed by atoms with van der Waals surface area (Å²) in [6.07, 6.45) is 0. The van der Waals surface area contributed by atoms with Crippen LogP contribution in [0.25, 0.3) is 0 Å². The lowest BCUT2D eigenvalue weighted by Gasteiger charge is -2.21. The van der Waals surface area contributed by atoms with E-state index in [-0.39, 0.29) is 5.91 Å². The molecule has 2 aromatic carbocycles. The van der Waals surface area contributed by atoms with E-state index in [4.69, 9.17) is 14.2 Å². The Morgan fingerprint density at radius 3 is 2.56 bits per heavy atom. The van der Waals surface area contributed by atoms with Gasteiger partial charge in [0.1, 0.15) is 19.0 Å².